The highest BCUT2D eigenvalue weighted by Crippen LogP contribution is 2.50. The van der Waals surface area contributed by atoms with E-state index >= 15 is 0 Å². The Labute approximate surface area is 95.7 Å². The molecule has 6 heteroatoms. The van der Waals surface area contributed by atoms with Gasteiger partial charge in [0.2, 0.25) is 0 Å². The maximum atomic E-state index is 11.8. The molecule has 0 radical (unpaired) electrons. The molecule has 0 atom stereocenters. The Bertz CT molecular complexity index is 208. The maximum Gasteiger partial charge on any atom is 0.335 e. The zero-order chi connectivity index (χ0) is 10.3. The molecule has 0 fully saturated rings. The van der Waals surface area contributed by atoms with Crippen molar-refractivity contribution < 1.29 is 13.6 Å². The van der Waals surface area contributed by atoms with E-state index in [1.807, 2.05) is 0 Å². The summed E-state index contributed by atoms with van der Waals surface area (Å²) in [6, 6.07) is 0. The average molecular weight is 336 g/mol. The van der Waals surface area contributed by atoms with Crippen LogP contribution in [0.25, 0.3) is 0 Å². The van der Waals surface area contributed by atoms with Gasteiger partial charge in [-0.3, -0.25) is 4.57 Å². The SMILES string of the molecule is CCOP(=O)(C/C(Br)=C/Br)OCC. The molecule has 0 unspecified atom stereocenters. The monoisotopic (exact) mass is 334 g/mol. The smallest absolute Gasteiger partial charge is 0.309 e. The van der Waals surface area contributed by atoms with E-state index in [1.165, 1.54) is 0 Å². The summed E-state index contributed by atoms with van der Waals surface area (Å²) in [6.07, 6.45) is 0.264. The van der Waals surface area contributed by atoms with E-state index in [9.17, 15) is 4.57 Å². The van der Waals surface area contributed by atoms with E-state index in [0.29, 0.717) is 13.2 Å². The van der Waals surface area contributed by atoms with E-state index in [1.54, 1.807) is 18.8 Å². The van der Waals surface area contributed by atoms with Crippen LogP contribution in [0, 0.1) is 0 Å². The average Bonchev–Trinajstić information content (AvgIpc) is 2.04. The summed E-state index contributed by atoms with van der Waals surface area (Å²) in [4.78, 5) is 1.65. The van der Waals surface area contributed by atoms with Crippen LogP contribution in [0.4, 0.5) is 0 Å². The first kappa shape index (κ1) is 13.8. The lowest BCUT2D eigenvalue weighted by molar-refractivity contribution is 0.222. The van der Waals surface area contributed by atoms with Gasteiger partial charge in [-0.1, -0.05) is 31.9 Å². The Hall–Kier alpha value is 0.850. The Morgan fingerprint density at radius 2 is 1.85 bits per heavy atom. The third kappa shape index (κ3) is 6.02. The van der Waals surface area contributed by atoms with Gasteiger partial charge in [0, 0.05) is 4.48 Å². The van der Waals surface area contributed by atoms with Gasteiger partial charge in [0.15, 0.2) is 0 Å². The molecule has 0 saturated carbocycles. The van der Waals surface area contributed by atoms with Crippen LogP contribution in [0.3, 0.4) is 0 Å². The van der Waals surface area contributed by atoms with Crippen molar-refractivity contribution in [1.29, 1.82) is 0 Å². The first-order valence-corrected chi connectivity index (χ1v) is 7.34. The lowest BCUT2D eigenvalue weighted by atomic mass is 10.8. The van der Waals surface area contributed by atoms with Crippen molar-refractivity contribution in [3.8, 4) is 0 Å². The van der Waals surface area contributed by atoms with Crippen molar-refractivity contribution in [2.24, 2.45) is 0 Å². The van der Waals surface area contributed by atoms with Crippen LogP contribution in [-0.2, 0) is 13.6 Å². The molecule has 0 heterocycles. The number of halogens is 2. The first-order valence-electron chi connectivity index (χ1n) is 3.90. The van der Waals surface area contributed by atoms with Crippen LogP contribution in [0.15, 0.2) is 9.47 Å². The summed E-state index contributed by atoms with van der Waals surface area (Å²) < 4.78 is 22.8. The van der Waals surface area contributed by atoms with Gasteiger partial charge in [-0.05, 0) is 18.8 Å². The van der Waals surface area contributed by atoms with Gasteiger partial charge < -0.3 is 9.05 Å². The molecule has 78 valence electrons. The molecule has 0 N–H and O–H groups in total. The molecule has 0 amide bonds. The van der Waals surface area contributed by atoms with Crippen molar-refractivity contribution in [3.05, 3.63) is 9.47 Å². The second-order valence-electron chi connectivity index (χ2n) is 2.16. The maximum absolute atomic E-state index is 11.8. The van der Waals surface area contributed by atoms with E-state index in [-0.39, 0.29) is 6.16 Å². The molecule has 0 aliphatic rings. The molecule has 3 nitrogen and oxygen atoms in total. The topological polar surface area (TPSA) is 35.5 Å². The van der Waals surface area contributed by atoms with E-state index in [0.717, 1.165) is 4.48 Å². The molecule has 0 aliphatic heterocycles. The van der Waals surface area contributed by atoms with E-state index < -0.39 is 7.60 Å². The second-order valence-corrected chi connectivity index (χ2v) is 5.69. The van der Waals surface area contributed by atoms with Crippen LogP contribution in [0.5, 0.6) is 0 Å². The summed E-state index contributed by atoms with van der Waals surface area (Å²) in [7, 11) is -2.94. The van der Waals surface area contributed by atoms with E-state index in [2.05, 4.69) is 31.9 Å². The van der Waals surface area contributed by atoms with Crippen molar-refractivity contribution in [1.82, 2.24) is 0 Å². The Balaban J connectivity index is 4.32. The van der Waals surface area contributed by atoms with Crippen molar-refractivity contribution in [3.63, 3.8) is 0 Å². The van der Waals surface area contributed by atoms with Gasteiger partial charge in [-0.15, -0.1) is 0 Å². The highest BCUT2D eigenvalue weighted by atomic mass is 79.9. The fraction of sp³-hybridized carbons (Fsp3) is 0.714. The van der Waals surface area contributed by atoms with Crippen LogP contribution >= 0.6 is 39.5 Å². The quantitative estimate of drug-likeness (QED) is 0.691. The summed E-state index contributed by atoms with van der Waals surface area (Å²) >= 11 is 6.36. The van der Waals surface area contributed by atoms with Gasteiger partial charge >= 0.3 is 7.60 Å². The highest BCUT2D eigenvalue weighted by molar-refractivity contribution is 9.14. The second kappa shape index (κ2) is 7.18. The molecule has 0 aromatic rings. The fourth-order valence-electron chi connectivity index (χ4n) is 0.741. The molecule has 0 bridgehead atoms. The van der Waals surface area contributed by atoms with Crippen molar-refractivity contribution in [2.45, 2.75) is 13.8 Å². The van der Waals surface area contributed by atoms with Crippen LogP contribution < -0.4 is 0 Å². The standard InChI is InChI=1S/C7H13Br2O3P/c1-3-11-13(10,12-4-2)6-7(9)5-8/h5H,3-4,6H2,1-2H3/b7-5-. The molecular formula is C7H13Br2O3P. The minimum atomic E-state index is -2.94. The highest BCUT2D eigenvalue weighted by Gasteiger charge is 2.24. The zero-order valence-corrected chi connectivity index (χ0v) is 11.7. The summed E-state index contributed by atoms with van der Waals surface area (Å²) in [5.41, 5.74) is 0. The Kier molecular flexibility index (Phi) is 7.65. The molecule has 0 saturated heterocycles. The van der Waals surface area contributed by atoms with Crippen LogP contribution in [0.2, 0.25) is 0 Å². The third-order valence-corrected chi connectivity index (χ3v) is 5.26. The third-order valence-electron chi connectivity index (χ3n) is 1.11. The number of allylic oxidation sites excluding steroid dienone is 1. The largest absolute Gasteiger partial charge is 0.335 e. The summed E-state index contributed by atoms with van der Waals surface area (Å²) in [6.45, 7) is 4.36. The normalized spacial score (nSPS) is 13.4. The molecule has 0 aromatic heterocycles. The zero-order valence-electron chi connectivity index (χ0n) is 7.63. The van der Waals surface area contributed by atoms with Gasteiger partial charge in [-0.2, -0.15) is 0 Å². The molecule has 13 heavy (non-hydrogen) atoms. The Morgan fingerprint density at radius 1 is 1.38 bits per heavy atom. The summed E-state index contributed by atoms with van der Waals surface area (Å²) in [5.74, 6) is 0. The number of rotatable bonds is 6. The minimum Gasteiger partial charge on any atom is -0.309 e. The van der Waals surface area contributed by atoms with Gasteiger partial charge in [0.25, 0.3) is 0 Å². The van der Waals surface area contributed by atoms with Crippen LogP contribution in [0.1, 0.15) is 13.8 Å². The molecule has 0 spiro atoms. The van der Waals surface area contributed by atoms with Gasteiger partial charge in [0.05, 0.1) is 19.4 Å². The lowest BCUT2D eigenvalue weighted by Crippen LogP contribution is -1.99. The molecule has 0 aliphatic carbocycles. The van der Waals surface area contributed by atoms with E-state index in [4.69, 9.17) is 9.05 Å². The lowest BCUT2D eigenvalue weighted by Gasteiger charge is -2.16. The fourth-order valence-corrected chi connectivity index (χ4v) is 3.58. The minimum absolute atomic E-state index is 0.264. The molecule has 0 aromatic carbocycles. The molecular weight excluding hydrogens is 323 g/mol. The summed E-state index contributed by atoms with van der Waals surface area (Å²) in [5, 5.41) is 0. The van der Waals surface area contributed by atoms with Crippen molar-refractivity contribution in [2.75, 3.05) is 19.4 Å². The predicted molar refractivity (Wildman–Crippen MR) is 61.7 cm³/mol. The predicted octanol–water partition coefficient (Wildman–Crippen LogP) is 3.88. The van der Waals surface area contributed by atoms with Crippen LogP contribution in [-0.4, -0.2) is 19.4 Å². The van der Waals surface area contributed by atoms with Crippen molar-refractivity contribution >= 4 is 39.5 Å². The molecule has 0 rings (SSSR count). The number of hydrogen-bond acceptors (Lipinski definition) is 3. The van der Waals surface area contributed by atoms with Gasteiger partial charge in [-0.25, -0.2) is 0 Å². The number of hydrogen-bond donors (Lipinski definition) is 0. The first-order chi connectivity index (χ1) is 6.08. The van der Waals surface area contributed by atoms with Gasteiger partial charge in [0.1, 0.15) is 0 Å². The Morgan fingerprint density at radius 3 is 2.15 bits per heavy atom.